The number of aliphatic hydroxyl groups is 1. The van der Waals surface area contributed by atoms with Gasteiger partial charge in [0.1, 0.15) is 0 Å². The second kappa shape index (κ2) is 8.79. The molecule has 1 aliphatic rings. The van der Waals surface area contributed by atoms with Crippen LogP contribution >= 0.6 is 0 Å². The Hall–Kier alpha value is -2.17. The Morgan fingerprint density at radius 1 is 1.12 bits per heavy atom. The van der Waals surface area contributed by atoms with Crippen molar-refractivity contribution in [2.45, 2.75) is 38.0 Å². The third kappa shape index (κ3) is 5.15. The van der Waals surface area contributed by atoms with Crippen molar-refractivity contribution in [2.24, 2.45) is 0 Å². The Morgan fingerprint density at radius 3 is 2.52 bits per heavy atom. The van der Waals surface area contributed by atoms with E-state index in [1.807, 2.05) is 36.4 Å². The SMILES string of the molecule is O=C(CC(O)c1ccccc1)NCC1CCCN1Cc1ccccc1. The van der Waals surface area contributed by atoms with Crippen molar-refractivity contribution in [2.75, 3.05) is 13.1 Å². The molecular weight excluding hydrogens is 312 g/mol. The van der Waals surface area contributed by atoms with Gasteiger partial charge in [-0.1, -0.05) is 60.7 Å². The molecule has 2 N–H and O–H groups in total. The molecule has 2 aromatic carbocycles. The number of amides is 1. The maximum absolute atomic E-state index is 12.2. The number of nitrogens with zero attached hydrogens (tertiary/aromatic N) is 1. The van der Waals surface area contributed by atoms with E-state index in [0.717, 1.165) is 25.1 Å². The Kier molecular flexibility index (Phi) is 6.20. The van der Waals surface area contributed by atoms with Gasteiger partial charge < -0.3 is 10.4 Å². The first kappa shape index (κ1) is 17.6. The maximum Gasteiger partial charge on any atom is 0.223 e. The summed E-state index contributed by atoms with van der Waals surface area (Å²) in [4.78, 5) is 14.6. The number of carbonyl (C=O) groups is 1. The highest BCUT2D eigenvalue weighted by molar-refractivity contribution is 5.76. The minimum atomic E-state index is -0.745. The van der Waals surface area contributed by atoms with E-state index in [1.165, 1.54) is 12.0 Å². The number of hydrogen-bond acceptors (Lipinski definition) is 3. The van der Waals surface area contributed by atoms with Gasteiger partial charge in [-0.3, -0.25) is 9.69 Å². The topological polar surface area (TPSA) is 52.6 Å². The number of benzene rings is 2. The van der Waals surface area contributed by atoms with Crippen LogP contribution in [0.1, 0.15) is 36.5 Å². The van der Waals surface area contributed by atoms with Crippen molar-refractivity contribution < 1.29 is 9.90 Å². The monoisotopic (exact) mass is 338 g/mol. The first-order valence-electron chi connectivity index (χ1n) is 9.00. The van der Waals surface area contributed by atoms with Gasteiger partial charge >= 0.3 is 0 Å². The maximum atomic E-state index is 12.2. The zero-order chi connectivity index (χ0) is 17.5. The van der Waals surface area contributed by atoms with Gasteiger partial charge in [0.2, 0.25) is 5.91 Å². The Balaban J connectivity index is 1.46. The standard InChI is InChI=1S/C21H26N2O2/c24-20(18-10-5-2-6-11-18)14-21(25)22-15-19-12-7-13-23(19)16-17-8-3-1-4-9-17/h1-6,8-11,19-20,24H,7,12-16H2,(H,22,25). The van der Waals surface area contributed by atoms with Crippen molar-refractivity contribution in [1.82, 2.24) is 10.2 Å². The van der Waals surface area contributed by atoms with Gasteiger partial charge in [-0.2, -0.15) is 0 Å². The second-order valence-corrected chi connectivity index (χ2v) is 6.69. The van der Waals surface area contributed by atoms with E-state index in [9.17, 15) is 9.90 Å². The number of aliphatic hydroxyl groups excluding tert-OH is 1. The molecule has 2 aromatic rings. The summed E-state index contributed by atoms with van der Waals surface area (Å²) in [6.45, 7) is 2.64. The zero-order valence-electron chi connectivity index (χ0n) is 14.5. The van der Waals surface area contributed by atoms with Crippen LogP contribution < -0.4 is 5.32 Å². The number of nitrogens with one attached hydrogen (secondary N) is 1. The van der Waals surface area contributed by atoms with E-state index in [-0.39, 0.29) is 12.3 Å². The van der Waals surface area contributed by atoms with Crippen LogP contribution in [0.5, 0.6) is 0 Å². The van der Waals surface area contributed by atoms with E-state index >= 15 is 0 Å². The third-order valence-electron chi connectivity index (χ3n) is 4.83. The van der Waals surface area contributed by atoms with E-state index in [2.05, 4.69) is 34.5 Å². The van der Waals surface area contributed by atoms with Crippen LogP contribution in [0.4, 0.5) is 0 Å². The van der Waals surface area contributed by atoms with Crippen LogP contribution in [-0.4, -0.2) is 35.0 Å². The van der Waals surface area contributed by atoms with Gasteiger partial charge in [-0.15, -0.1) is 0 Å². The number of rotatable bonds is 7. The molecule has 1 amide bonds. The molecule has 0 saturated carbocycles. The molecule has 0 radical (unpaired) electrons. The molecule has 4 nitrogen and oxygen atoms in total. The van der Waals surface area contributed by atoms with E-state index in [1.54, 1.807) is 0 Å². The minimum Gasteiger partial charge on any atom is -0.388 e. The Labute approximate surface area is 149 Å². The van der Waals surface area contributed by atoms with Crippen molar-refractivity contribution in [1.29, 1.82) is 0 Å². The summed E-state index contributed by atoms with van der Waals surface area (Å²) < 4.78 is 0. The highest BCUT2D eigenvalue weighted by atomic mass is 16.3. The van der Waals surface area contributed by atoms with Gasteiger partial charge in [0, 0.05) is 19.1 Å². The highest BCUT2D eigenvalue weighted by Gasteiger charge is 2.25. The molecule has 0 bridgehead atoms. The van der Waals surface area contributed by atoms with E-state index < -0.39 is 6.10 Å². The fraction of sp³-hybridized carbons (Fsp3) is 0.381. The van der Waals surface area contributed by atoms with Crippen LogP contribution in [-0.2, 0) is 11.3 Å². The third-order valence-corrected chi connectivity index (χ3v) is 4.83. The minimum absolute atomic E-state index is 0.0945. The summed E-state index contributed by atoms with van der Waals surface area (Å²) in [5.41, 5.74) is 2.09. The molecule has 4 heteroatoms. The molecule has 0 aliphatic carbocycles. The lowest BCUT2D eigenvalue weighted by Crippen LogP contribution is -2.40. The molecule has 1 fully saturated rings. The molecule has 132 valence electrons. The van der Waals surface area contributed by atoms with Gasteiger partial charge in [-0.25, -0.2) is 0 Å². The summed E-state index contributed by atoms with van der Waals surface area (Å²) in [6, 6.07) is 20.1. The number of hydrogen-bond donors (Lipinski definition) is 2. The molecule has 25 heavy (non-hydrogen) atoms. The number of likely N-dealkylation sites (tertiary alicyclic amines) is 1. The average Bonchev–Trinajstić information content (AvgIpc) is 3.08. The molecule has 1 heterocycles. The summed E-state index contributed by atoms with van der Waals surface area (Å²) in [6.07, 6.45) is 1.63. The molecule has 0 spiro atoms. The Bertz CT molecular complexity index is 660. The first-order valence-corrected chi connectivity index (χ1v) is 9.00. The molecule has 2 unspecified atom stereocenters. The quantitative estimate of drug-likeness (QED) is 0.816. The van der Waals surface area contributed by atoms with E-state index in [4.69, 9.17) is 0 Å². The zero-order valence-corrected chi connectivity index (χ0v) is 14.5. The normalized spacial score (nSPS) is 18.8. The van der Waals surface area contributed by atoms with Gasteiger partial charge in [-0.05, 0) is 30.5 Å². The molecule has 0 aromatic heterocycles. The fourth-order valence-corrected chi connectivity index (χ4v) is 3.42. The summed E-state index contributed by atoms with van der Waals surface area (Å²) in [5, 5.41) is 13.2. The average molecular weight is 338 g/mol. The van der Waals surface area contributed by atoms with Crippen molar-refractivity contribution >= 4 is 5.91 Å². The summed E-state index contributed by atoms with van der Waals surface area (Å²) in [7, 11) is 0. The molecular formula is C21H26N2O2. The second-order valence-electron chi connectivity index (χ2n) is 6.69. The largest absolute Gasteiger partial charge is 0.388 e. The van der Waals surface area contributed by atoms with Crippen LogP contribution in [0, 0.1) is 0 Å². The van der Waals surface area contributed by atoms with Crippen LogP contribution in [0.2, 0.25) is 0 Å². The lowest BCUT2D eigenvalue weighted by atomic mass is 10.1. The van der Waals surface area contributed by atoms with Crippen LogP contribution in [0.25, 0.3) is 0 Å². The van der Waals surface area contributed by atoms with E-state index in [0.29, 0.717) is 12.6 Å². The van der Waals surface area contributed by atoms with Crippen molar-refractivity contribution in [3.63, 3.8) is 0 Å². The molecule has 1 saturated heterocycles. The lowest BCUT2D eigenvalue weighted by molar-refractivity contribution is -0.123. The first-order chi connectivity index (χ1) is 12.2. The fourth-order valence-electron chi connectivity index (χ4n) is 3.42. The molecule has 3 rings (SSSR count). The summed E-state index contributed by atoms with van der Waals surface area (Å²) in [5.74, 6) is -0.0945. The van der Waals surface area contributed by atoms with Crippen molar-refractivity contribution in [3.8, 4) is 0 Å². The lowest BCUT2D eigenvalue weighted by Gasteiger charge is -2.25. The van der Waals surface area contributed by atoms with Gasteiger partial charge in [0.15, 0.2) is 0 Å². The highest BCUT2D eigenvalue weighted by Crippen LogP contribution is 2.20. The van der Waals surface area contributed by atoms with Gasteiger partial charge in [0.05, 0.1) is 12.5 Å². The van der Waals surface area contributed by atoms with Crippen LogP contribution in [0.15, 0.2) is 60.7 Å². The predicted octanol–water partition coefficient (Wildman–Crippen LogP) is 2.89. The number of carbonyl (C=O) groups excluding carboxylic acids is 1. The predicted molar refractivity (Wildman–Crippen MR) is 98.9 cm³/mol. The molecule has 1 aliphatic heterocycles. The summed E-state index contributed by atoms with van der Waals surface area (Å²) >= 11 is 0. The smallest absolute Gasteiger partial charge is 0.223 e. The van der Waals surface area contributed by atoms with Crippen LogP contribution in [0.3, 0.4) is 0 Å². The van der Waals surface area contributed by atoms with Crippen molar-refractivity contribution in [3.05, 3.63) is 71.8 Å². The molecule has 2 atom stereocenters. The van der Waals surface area contributed by atoms with Gasteiger partial charge in [0.25, 0.3) is 0 Å². The Morgan fingerprint density at radius 2 is 1.80 bits per heavy atom.